The molecule has 2 nitrogen and oxygen atoms in total. The van der Waals surface area contributed by atoms with E-state index in [0.29, 0.717) is 0 Å². The predicted molar refractivity (Wildman–Crippen MR) is 90.4 cm³/mol. The first-order valence-corrected chi connectivity index (χ1v) is 7.54. The lowest BCUT2D eigenvalue weighted by Gasteiger charge is -1.97. The topological polar surface area (TPSA) is 26.3 Å². The highest BCUT2D eigenvalue weighted by atomic mass is 16.4. The van der Waals surface area contributed by atoms with Crippen LogP contribution in [0.25, 0.3) is 33.5 Å². The number of rotatable bonds is 1. The summed E-state index contributed by atoms with van der Waals surface area (Å²) in [5.74, 6) is 1.59. The van der Waals surface area contributed by atoms with E-state index in [0.717, 1.165) is 44.6 Å². The Hall–Kier alpha value is -2.48. The molecule has 2 aromatic heterocycles. The van der Waals surface area contributed by atoms with Gasteiger partial charge in [0.05, 0.1) is 0 Å². The number of benzene rings is 2. The molecule has 0 aliphatic carbocycles. The fourth-order valence-corrected chi connectivity index (χ4v) is 3.03. The van der Waals surface area contributed by atoms with E-state index >= 15 is 0 Å². The van der Waals surface area contributed by atoms with Crippen LogP contribution in [0.15, 0.2) is 45.2 Å². The van der Waals surface area contributed by atoms with Crippen molar-refractivity contribution in [3.05, 3.63) is 58.7 Å². The lowest BCUT2D eigenvalue weighted by atomic mass is 10.1. The Morgan fingerprint density at radius 3 is 1.27 bits per heavy atom. The van der Waals surface area contributed by atoms with Crippen molar-refractivity contribution in [1.82, 2.24) is 0 Å². The molecule has 0 N–H and O–H groups in total. The van der Waals surface area contributed by atoms with Crippen LogP contribution in [0.2, 0.25) is 0 Å². The molecule has 22 heavy (non-hydrogen) atoms. The van der Waals surface area contributed by atoms with Crippen molar-refractivity contribution in [3.8, 4) is 11.5 Å². The summed E-state index contributed by atoms with van der Waals surface area (Å²) < 4.78 is 12.2. The summed E-state index contributed by atoms with van der Waals surface area (Å²) in [6, 6.07) is 12.6. The van der Waals surface area contributed by atoms with E-state index in [1.54, 1.807) is 0 Å². The summed E-state index contributed by atoms with van der Waals surface area (Å²) in [4.78, 5) is 0. The number of furan rings is 2. The first kappa shape index (κ1) is 13.2. The van der Waals surface area contributed by atoms with E-state index < -0.39 is 0 Å². The second kappa shape index (κ2) is 4.51. The average Bonchev–Trinajstić information content (AvgIpc) is 3.12. The van der Waals surface area contributed by atoms with E-state index in [2.05, 4.69) is 64.1 Å². The highest BCUT2D eigenvalue weighted by molar-refractivity contribution is 5.91. The van der Waals surface area contributed by atoms with Crippen LogP contribution in [0.4, 0.5) is 0 Å². The minimum absolute atomic E-state index is 0.794. The monoisotopic (exact) mass is 290 g/mol. The van der Waals surface area contributed by atoms with Crippen LogP contribution in [0.5, 0.6) is 0 Å². The van der Waals surface area contributed by atoms with Crippen LogP contribution in [0.1, 0.15) is 22.3 Å². The summed E-state index contributed by atoms with van der Waals surface area (Å²) in [6.07, 6.45) is 0. The molecule has 0 aliphatic rings. The quantitative estimate of drug-likeness (QED) is 0.424. The fourth-order valence-electron chi connectivity index (χ4n) is 3.03. The molecule has 4 aromatic rings. The van der Waals surface area contributed by atoms with Gasteiger partial charge in [-0.3, -0.25) is 0 Å². The van der Waals surface area contributed by atoms with Gasteiger partial charge in [-0.25, -0.2) is 0 Å². The maximum atomic E-state index is 6.08. The van der Waals surface area contributed by atoms with Gasteiger partial charge in [0, 0.05) is 10.8 Å². The summed E-state index contributed by atoms with van der Waals surface area (Å²) >= 11 is 0. The van der Waals surface area contributed by atoms with Gasteiger partial charge in [0.2, 0.25) is 0 Å². The molecule has 0 atom stereocenters. The van der Waals surface area contributed by atoms with Gasteiger partial charge in [-0.2, -0.15) is 0 Å². The summed E-state index contributed by atoms with van der Waals surface area (Å²) in [7, 11) is 0. The molecule has 0 saturated carbocycles. The molecule has 2 aromatic carbocycles. The molecule has 2 heterocycles. The fraction of sp³-hybridized carbons (Fsp3) is 0.200. The zero-order valence-corrected chi connectivity index (χ0v) is 13.3. The van der Waals surface area contributed by atoms with E-state index in [4.69, 9.17) is 8.83 Å². The number of fused-ring (bicyclic) bond motifs is 2. The summed E-state index contributed by atoms with van der Waals surface area (Å²) in [6.45, 7) is 8.35. The maximum Gasteiger partial charge on any atom is 0.170 e. The van der Waals surface area contributed by atoms with Crippen LogP contribution in [0.3, 0.4) is 0 Å². The minimum atomic E-state index is 0.794. The predicted octanol–water partition coefficient (Wildman–Crippen LogP) is 6.08. The first-order chi connectivity index (χ1) is 10.5. The third-order valence-electron chi connectivity index (χ3n) is 4.44. The van der Waals surface area contributed by atoms with E-state index in [9.17, 15) is 0 Å². The molecular weight excluding hydrogens is 272 g/mol. The summed E-state index contributed by atoms with van der Waals surface area (Å²) in [5, 5.41) is 2.31. The molecular formula is C20H18O2. The minimum Gasteiger partial charge on any atom is -0.452 e. The molecule has 0 spiro atoms. The lowest BCUT2D eigenvalue weighted by Crippen LogP contribution is -1.76. The smallest absolute Gasteiger partial charge is 0.170 e. The van der Waals surface area contributed by atoms with Crippen LogP contribution in [-0.2, 0) is 0 Å². The van der Waals surface area contributed by atoms with Gasteiger partial charge in [-0.15, -0.1) is 0 Å². The van der Waals surface area contributed by atoms with Crippen molar-refractivity contribution in [2.24, 2.45) is 0 Å². The number of hydrogen-bond donors (Lipinski definition) is 0. The van der Waals surface area contributed by atoms with Gasteiger partial charge < -0.3 is 8.83 Å². The zero-order valence-electron chi connectivity index (χ0n) is 13.3. The molecule has 0 saturated heterocycles. The van der Waals surface area contributed by atoms with Crippen LogP contribution < -0.4 is 0 Å². The highest BCUT2D eigenvalue weighted by Crippen LogP contribution is 2.36. The molecule has 4 rings (SSSR count). The number of hydrogen-bond acceptors (Lipinski definition) is 2. The SMILES string of the molecule is Cc1ccc(C)c2oc(-c3cc4c(C)ccc(C)c4o3)cc12. The Morgan fingerprint density at radius 2 is 0.909 bits per heavy atom. The molecule has 0 fully saturated rings. The highest BCUT2D eigenvalue weighted by Gasteiger charge is 2.15. The van der Waals surface area contributed by atoms with Crippen molar-refractivity contribution in [3.63, 3.8) is 0 Å². The number of aryl methyl sites for hydroxylation is 4. The summed E-state index contributed by atoms with van der Waals surface area (Å²) in [5.41, 5.74) is 6.64. The normalized spacial score (nSPS) is 11.6. The third kappa shape index (κ3) is 1.80. The maximum absolute atomic E-state index is 6.08. The Bertz CT molecular complexity index is 853. The molecule has 0 unspecified atom stereocenters. The Kier molecular flexibility index (Phi) is 2.70. The molecule has 2 heteroatoms. The molecule has 0 bridgehead atoms. The van der Waals surface area contributed by atoms with Crippen LogP contribution in [-0.4, -0.2) is 0 Å². The average molecular weight is 290 g/mol. The second-order valence-electron chi connectivity index (χ2n) is 6.11. The van der Waals surface area contributed by atoms with E-state index in [-0.39, 0.29) is 0 Å². The lowest BCUT2D eigenvalue weighted by molar-refractivity contribution is 0.567. The molecule has 0 aliphatic heterocycles. The van der Waals surface area contributed by atoms with Gasteiger partial charge in [0.15, 0.2) is 11.5 Å². The standard InChI is InChI=1S/C20H18O2/c1-11-5-7-13(3)19-15(11)9-17(21-19)18-10-16-12(2)6-8-14(4)20(16)22-18/h5-10H,1-4H3. The largest absolute Gasteiger partial charge is 0.452 e. The first-order valence-electron chi connectivity index (χ1n) is 7.54. The van der Waals surface area contributed by atoms with Gasteiger partial charge in [0.1, 0.15) is 11.2 Å². The van der Waals surface area contributed by atoms with Crippen molar-refractivity contribution >= 4 is 21.9 Å². The molecule has 0 amide bonds. The van der Waals surface area contributed by atoms with Crippen molar-refractivity contribution in [2.45, 2.75) is 27.7 Å². The van der Waals surface area contributed by atoms with Gasteiger partial charge >= 0.3 is 0 Å². The third-order valence-corrected chi connectivity index (χ3v) is 4.44. The Balaban J connectivity index is 1.99. The van der Waals surface area contributed by atoms with Crippen LogP contribution >= 0.6 is 0 Å². The van der Waals surface area contributed by atoms with E-state index in [1.165, 1.54) is 11.1 Å². The van der Waals surface area contributed by atoms with Crippen molar-refractivity contribution < 1.29 is 8.83 Å². The van der Waals surface area contributed by atoms with Gasteiger partial charge in [0.25, 0.3) is 0 Å². The Labute approximate surface area is 129 Å². The molecule has 0 radical (unpaired) electrons. The van der Waals surface area contributed by atoms with Gasteiger partial charge in [-0.1, -0.05) is 24.3 Å². The molecule has 110 valence electrons. The zero-order chi connectivity index (χ0) is 15.4. The Morgan fingerprint density at radius 1 is 0.545 bits per heavy atom. The second-order valence-corrected chi connectivity index (χ2v) is 6.11. The van der Waals surface area contributed by atoms with Crippen LogP contribution in [0, 0.1) is 27.7 Å². The van der Waals surface area contributed by atoms with Gasteiger partial charge in [-0.05, 0) is 62.1 Å². The van der Waals surface area contributed by atoms with E-state index in [1.807, 2.05) is 0 Å². The van der Waals surface area contributed by atoms with Crippen molar-refractivity contribution in [2.75, 3.05) is 0 Å². The van der Waals surface area contributed by atoms with Crippen molar-refractivity contribution in [1.29, 1.82) is 0 Å².